The van der Waals surface area contributed by atoms with Crippen molar-refractivity contribution < 1.29 is 19.0 Å². The highest BCUT2D eigenvalue weighted by Gasteiger charge is 2.13. The molecule has 162 valence electrons. The van der Waals surface area contributed by atoms with Gasteiger partial charge in [-0.3, -0.25) is 4.79 Å². The van der Waals surface area contributed by atoms with Gasteiger partial charge in [0, 0.05) is 5.69 Å². The average molecular weight is 493 g/mol. The molecule has 6 nitrogen and oxygen atoms in total. The van der Waals surface area contributed by atoms with Crippen LogP contribution in [0.4, 0.5) is 5.69 Å². The summed E-state index contributed by atoms with van der Waals surface area (Å²) in [5.41, 5.74) is 2.19. The molecule has 3 aromatic rings. The molecule has 0 fully saturated rings. The first kappa shape index (κ1) is 22.9. The van der Waals surface area contributed by atoms with E-state index in [0.717, 1.165) is 5.56 Å². The third-order valence-corrected chi connectivity index (χ3v) is 5.08. The molecule has 0 heterocycles. The van der Waals surface area contributed by atoms with E-state index in [2.05, 4.69) is 21.2 Å². The van der Waals surface area contributed by atoms with Crippen LogP contribution in [0.15, 0.2) is 76.8 Å². The summed E-state index contributed by atoms with van der Waals surface area (Å²) in [5.74, 6) is 1.17. The number of carbonyl (C=O) groups excluding carboxylic acids is 1. The monoisotopic (exact) mass is 492 g/mol. The van der Waals surface area contributed by atoms with Crippen LogP contribution in [-0.2, 0) is 11.4 Å². The lowest BCUT2D eigenvalue weighted by Crippen LogP contribution is -2.13. The number of benzene rings is 3. The molecular formula is C25H21BrN2O4. The summed E-state index contributed by atoms with van der Waals surface area (Å²) in [6, 6.07) is 22.2. The number of anilines is 1. The molecule has 3 rings (SSSR count). The van der Waals surface area contributed by atoms with Crippen LogP contribution in [0.3, 0.4) is 0 Å². The Bertz CT molecular complexity index is 1150. The normalized spacial score (nSPS) is 10.8. The molecule has 32 heavy (non-hydrogen) atoms. The van der Waals surface area contributed by atoms with Crippen molar-refractivity contribution in [2.45, 2.75) is 6.61 Å². The maximum Gasteiger partial charge on any atom is 0.266 e. The van der Waals surface area contributed by atoms with Crippen LogP contribution in [0.1, 0.15) is 11.1 Å². The fourth-order valence-corrected chi connectivity index (χ4v) is 3.53. The van der Waals surface area contributed by atoms with Crippen molar-refractivity contribution >= 4 is 33.6 Å². The molecule has 0 radical (unpaired) electrons. The fraction of sp³-hybridized carbons (Fsp3) is 0.120. The Balaban J connectivity index is 1.68. The van der Waals surface area contributed by atoms with Gasteiger partial charge in [0.2, 0.25) is 0 Å². The number of nitriles is 1. The highest BCUT2D eigenvalue weighted by molar-refractivity contribution is 9.10. The van der Waals surface area contributed by atoms with Gasteiger partial charge >= 0.3 is 0 Å². The van der Waals surface area contributed by atoms with Gasteiger partial charge in [-0.1, -0.05) is 30.3 Å². The lowest BCUT2D eigenvalue weighted by molar-refractivity contribution is -0.112. The van der Waals surface area contributed by atoms with Crippen molar-refractivity contribution in [1.29, 1.82) is 5.26 Å². The molecule has 7 heteroatoms. The van der Waals surface area contributed by atoms with Crippen LogP contribution in [0.25, 0.3) is 6.08 Å². The number of rotatable bonds is 8. The quantitative estimate of drug-likeness (QED) is 0.327. The number of halogens is 1. The number of hydrogen-bond donors (Lipinski definition) is 1. The minimum Gasteiger partial charge on any atom is -0.493 e. The van der Waals surface area contributed by atoms with Gasteiger partial charge in [-0.15, -0.1) is 0 Å². The first-order valence-electron chi connectivity index (χ1n) is 9.65. The Kier molecular flexibility index (Phi) is 7.90. The van der Waals surface area contributed by atoms with Gasteiger partial charge in [-0.25, -0.2) is 0 Å². The molecule has 1 N–H and O–H groups in total. The Labute approximate surface area is 195 Å². The van der Waals surface area contributed by atoms with E-state index < -0.39 is 5.91 Å². The lowest BCUT2D eigenvalue weighted by atomic mass is 10.1. The van der Waals surface area contributed by atoms with Gasteiger partial charge in [0.1, 0.15) is 24.0 Å². The van der Waals surface area contributed by atoms with E-state index in [1.807, 2.05) is 36.4 Å². The van der Waals surface area contributed by atoms with Gasteiger partial charge in [0.15, 0.2) is 11.5 Å². The van der Waals surface area contributed by atoms with Crippen LogP contribution in [-0.4, -0.2) is 20.1 Å². The zero-order valence-electron chi connectivity index (χ0n) is 17.6. The summed E-state index contributed by atoms with van der Waals surface area (Å²) in [6.07, 6.45) is 1.49. The SMILES string of the molecule is COc1cc(/C=C(\C#N)C(=O)Nc2ccc(OCc3ccccc3)cc2)cc(Br)c1OC. The van der Waals surface area contributed by atoms with Crippen molar-refractivity contribution in [3.05, 3.63) is 87.9 Å². The second kappa shape index (κ2) is 11.0. The summed E-state index contributed by atoms with van der Waals surface area (Å²) in [7, 11) is 3.05. The summed E-state index contributed by atoms with van der Waals surface area (Å²) in [6.45, 7) is 0.453. The van der Waals surface area contributed by atoms with Gasteiger partial charge < -0.3 is 19.5 Å². The first-order valence-corrected chi connectivity index (χ1v) is 10.4. The van der Waals surface area contributed by atoms with Crippen LogP contribution >= 0.6 is 15.9 Å². The van der Waals surface area contributed by atoms with Gasteiger partial charge in [0.25, 0.3) is 5.91 Å². The van der Waals surface area contributed by atoms with E-state index in [-0.39, 0.29) is 5.57 Å². The Morgan fingerprint density at radius 1 is 1.06 bits per heavy atom. The maximum atomic E-state index is 12.6. The van der Waals surface area contributed by atoms with Gasteiger partial charge in [-0.05, 0) is 69.5 Å². The van der Waals surface area contributed by atoms with Crippen molar-refractivity contribution in [2.75, 3.05) is 19.5 Å². The highest BCUT2D eigenvalue weighted by Crippen LogP contribution is 2.36. The van der Waals surface area contributed by atoms with Crippen LogP contribution < -0.4 is 19.5 Å². The molecule has 0 bridgehead atoms. The number of hydrogen-bond acceptors (Lipinski definition) is 5. The van der Waals surface area contributed by atoms with E-state index in [4.69, 9.17) is 14.2 Å². The third-order valence-electron chi connectivity index (χ3n) is 4.49. The van der Waals surface area contributed by atoms with Gasteiger partial charge in [0.05, 0.1) is 18.7 Å². The molecule has 0 saturated heterocycles. The zero-order chi connectivity index (χ0) is 22.9. The predicted octanol–water partition coefficient (Wildman–Crippen LogP) is 5.59. The minimum atomic E-state index is -0.517. The van der Waals surface area contributed by atoms with Crippen molar-refractivity contribution in [3.8, 4) is 23.3 Å². The maximum absolute atomic E-state index is 12.6. The molecule has 0 atom stereocenters. The highest BCUT2D eigenvalue weighted by atomic mass is 79.9. The number of nitrogens with zero attached hydrogens (tertiary/aromatic N) is 1. The fourth-order valence-electron chi connectivity index (χ4n) is 2.91. The topological polar surface area (TPSA) is 80.6 Å². The largest absolute Gasteiger partial charge is 0.493 e. The smallest absolute Gasteiger partial charge is 0.266 e. The zero-order valence-corrected chi connectivity index (χ0v) is 19.2. The molecular weight excluding hydrogens is 472 g/mol. The summed E-state index contributed by atoms with van der Waals surface area (Å²) in [4.78, 5) is 12.6. The summed E-state index contributed by atoms with van der Waals surface area (Å²) < 4.78 is 17.0. The Hall–Kier alpha value is -3.76. The van der Waals surface area contributed by atoms with Gasteiger partial charge in [-0.2, -0.15) is 5.26 Å². The standard InChI is InChI=1S/C25H21BrN2O4/c1-30-23-14-18(13-22(26)24(23)31-2)12-19(15-27)25(29)28-20-8-10-21(11-9-20)32-16-17-6-4-3-5-7-17/h3-14H,16H2,1-2H3,(H,28,29)/b19-12+. The van der Waals surface area contributed by atoms with E-state index in [1.165, 1.54) is 20.3 Å². The number of methoxy groups -OCH3 is 2. The number of ether oxygens (including phenoxy) is 3. The Morgan fingerprint density at radius 2 is 1.78 bits per heavy atom. The van der Waals surface area contributed by atoms with Crippen LogP contribution in [0.2, 0.25) is 0 Å². The molecule has 0 spiro atoms. The molecule has 0 aromatic heterocycles. The summed E-state index contributed by atoms with van der Waals surface area (Å²) >= 11 is 3.41. The molecule has 3 aromatic carbocycles. The first-order chi connectivity index (χ1) is 15.5. The number of nitrogens with one attached hydrogen (secondary N) is 1. The Morgan fingerprint density at radius 3 is 2.41 bits per heavy atom. The second-order valence-corrected chi connectivity index (χ2v) is 7.52. The molecule has 0 saturated carbocycles. The van der Waals surface area contributed by atoms with E-state index in [1.54, 1.807) is 36.4 Å². The van der Waals surface area contributed by atoms with Crippen LogP contribution in [0.5, 0.6) is 17.2 Å². The minimum absolute atomic E-state index is 0.0477. The number of carbonyl (C=O) groups is 1. The molecule has 0 aliphatic carbocycles. The average Bonchev–Trinajstić information content (AvgIpc) is 2.82. The molecule has 0 aliphatic heterocycles. The molecule has 0 aliphatic rings. The third kappa shape index (κ3) is 5.90. The molecule has 1 amide bonds. The van der Waals surface area contributed by atoms with Crippen LogP contribution in [0, 0.1) is 11.3 Å². The predicted molar refractivity (Wildman–Crippen MR) is 127 cm³/mol. The molecule has 0 unspecified atom stereocenters. The van der Waals surface area contributed by atoms with Crippen molar-refractivity contribution in [3.63, 3.8) is 0 Å². The van der Waals surface area contributed by atoms with Crippen molar-refractivity contribution in [2.24, 2.45) is 0 Å². The number of amides is 1. The second-order valence-electron chi connectivity index (χ2n) is 6.66. The van der Waals surface area contributed by atoms with Crippen molar-refractivity contribution in [1.82, 2.24) is 0 Å². The summed E-state index contributed by atoms with van der Waals surface area (Å²) in [5, 5.41) is 12.2. The van der Waals surface area contributed by atoms with E-state index in [9.17, 15) is 10.1 Å². The van der Waals surface area contributed by atoms with E-state index >= 15 is 0 Å². The lowest BCUT2D eigenvalue weighted by Gasteiger charge is -2.11. The van der Waals surface area contributed by atoms with E-state index in [0.29, 0.717) is 39.6 Å².